The Labute approximate surface area is 124 Å². The summed E-state index contributed by atoms with van der Waals surface area (Å²) in [4.78, 5) is 7.10. The van der Waals surface area contributed by atoms with Gasteiger partial charge in [0.05, 0.1) is 12.2 Å². The van der Waals surface area contributed by atoms with E-state index in [-0.39, 0.29) is 0 Å². The molecule has 2 atom stereocenters. The summed E-state index contributed by atoms with van der Waals surface area (Å²) < 4.78 is 5.75. The van der Waals surface area contributed by atoms with E-state index in [1.165, 1.54) is 0 Å². The Morgan fingerprint density at radius 3 is 2.50 bits per heavy atom. The number of hydrogen-bond acceptors (Lipinski definition) is 3. The molecule has 1 fully saturated rings. The lowest BCUT2D eigenvalue weighted by atomic mass is 10.2. The highest BCUT2D eigenvalue weighted by atomic mass is 16.5. The topological polar surface area (TPSA) is 48.9 Å². The first kappa shape index (κ1) is 17.2. The van der Waals surface area contributed by atoms with Gasteiger partial charge in [-0.3, -0.25) is 9.89 Å². The predicted octanol–water partition coefficient (Wildman–Crippen LogP) is 1.45. The largest absolute Gasteiger partial charge is 0.373 e. The van der Waals surface area contributed by atoms with Gasteiger partial charge < -0.3 is 15.4 Å². The summed E-state index contributed by atoms with van der Waals surface area (Å²) >= 11 is 0. The molecular formula is C15H32N4O. The lowest BCUT2D eigenvalue weighted by molar-refractivity contribution is -0.0679. The van der Waals surface area contributed by atoms with E-state index in [1.54, 1.807) is 0 Å². The maximum absolute atomic E-state index is 5.75. The van der Waals surface area contributed by atoms with Crippen LogP contribution >= 0.6 is 0 Å². The molecule has 0 bridgehead atoms. The van der Waals surface area contributed by atoms with Crippen molar-refractivity contribution in [1.29, 1.82) is 0 Å². The second-order valence-corrected chi connectivity index (χ2v) is 5.93. The summed E-state index contributed by atoms with van der Waals surface area (Å²) in [7, 11) is 0. The van der Waals surface area contributed by atoms with Crippen molar-refractivity contribution in [2.45, 2.75) is 59.3 Å². The molecule has 0 aromatic rings. The Balaban J connectivity index is 2.27. The van der Waals surface area contributed by atoms with E-state index in [2.05, 4.69) is 55.1 Å². The summed E-state index contributed by atoms with van der Waals surface area (Å²) in [6.07, 6.45) is 1.79. The molecule has 2 unspecified atom stereocenters. The van der Waals surface area contributed by atoms with Crippen LogP contribution in [-0.4, -0.2) is 61.8 Å². The third-order valence-corrected chi connectivity index (χ3v) is 3.17. The minimum Gasteiger partial charge on any atom is -0.373 e. The number of rotatable bonds is 6. The van der Waals surface area contributed by atoms with Gasteiger partial charge in [0, 0.05) is 38.8 Å². The Hall–Kier alpha value is -0.810. The first-order valence-electron chi connectivity index (χ1n) is 7.94. The number of hydrogen-bond donors (Lipinski definition) is 2. The maximum Gasteiger partial charge on any atom is 0.191 e. The molecule has 1 saturated heterocycles. The number of guanidine groups is 1. The van der Waals surface area contributed by atoms with Gasteiger partial charge in [-0.2, -0.15) is 0 Å². The minimum absolute atomic E-state index is 0.349. The second kappa shape index (κ2) is 9.19. The van der Waals surface area contributed by atoms with Crippen LogP contribution in [0.1, 0.15) is 41.0 Å². The van der Waals surface area contributed by atoms with Crippen molar-refractivity contribution in [2.24, 2.45) is 4.99 Å². The SMILES string of the molecule is CCNC(=NCCCN1CC(C)OC(C)C1)NC(C)C. The van der Waals surface area contributed by atoms with Crippen molar-refractivity contribution in [2.75, 3.05) is 32.7 Å². The summed E-state index contributed by atoms with van der Waals surface area (Å²) in [6.45, 7) is 15.6. The molecule has 20 heavy (non-hydrogen) atoms. The molecule has 2 N–H and O–H groups in total. The average molecular weight is 284 g/mol. The van der Waals surface area contributed by atoms with Crippen molar-refractivity contribution in [3.05, 3.63) is 0 Å². The Morgan fingerprint density at radius 1 is 1.30 bits per heavy atom. The van der Waals surface area contributed by atoms with Crippen LogP contribution in [0.5, 0.6) is 0 Å². The maximum atomic E-state index is 5.75. The van der Waals surface area contributed by atoms with Gasteiger partial charge in [0.15, 0.2) is 5.96 Å². The fourth-order valence-corrected chi connectivity index (χ4v) is 2.55. The molecule has 1 aliphatic rings. The van der Waals surface area contributed by atoms with Gasteiger partial charge in [-0.05, 0) is 41.0 Å². The predicted molar refractivity (Wildman–Crippen MR) is 85.3 cm³/mol. The zero-order valence-electron chi connectivity index (χ0n) is 13.8. The number of aliphatic imine (C=N–C) groups is 1. The van der Waals surface area contributed by atoms with Gasteiger partial charge in [0.25, 0.3) is 0 Å². The highest BCUT2D eigenvalue weighted by Gasteiger charge is 2.21. The van der Waals surface area contributed by atoms with Crippen LogP contribution in [0.2, 0.25) is 0 Å². The van der Waals surface area contributed by atoms with E-state index in [1.807, 2.05) is 0 Å². The summed E-state index contributed by atoms with van der Waals surface area (Å²) in [5.41, 5.74) is 0. The van der Waals surface area contributed by atoms with Crippen LogP contribution in [0, 0.1) is 0 Å². The quantitative estimate of drug-likeness (QED) is 0.440. The molecule has 5 heteroatoms. The van der Waals surface area contributed by atoms with Crippen molar-refractivity contribution in [3.63, 3.8) is 0 Å². The average Bonchev–Trinajstić information content (AvgIpc) is 2.33. The van der Waals surface area contributed by atoms with Crippen LogP contribution < -0.4 is 10.6 Å². The number of morpholine rings is 1. The normalized spacial score (nSPS) is 25.0. The van der Waals surface area contributed by atoms with E-state index in [0.717, 1.165) is 45.1 Å². The van der Waals surface area contributed by atoms with E-state index in [0.29, 0.717) is 18.2 Å². The molecular weight excluding hydrogens is 252 g/mol. The molecule has 1 heterocycles. The standard InChI is InChI=1S/C15H32N4O/c1-6-16-15(18-12(2)3)17-8-7-9-19-10-13(4)20-14(5)11-19/h12-14H,6-11H2,1-5H3,(H2,16,17,18). The van der Waals surface area contributed by atoms with Crippen LogP contribution in [-0.2, 0) is 4.74 Å². The second-order valence-electron chi connectivity index (χ2n) is 5.93. The molecule has 0 amide bonds. The van der Waals surface area contributed by atoms with Gasteiger partial charge >= 0.3 is 0 Å². The third kappa shape index (κ3) is 7.10. The van der Waals surface area contributed by atoms with Crippen molar-refractivity contribution >= 4 is 5.96 Å². The van der Waals surface area contributed by atoms with Gasteiger partial charge in [-0.1, -0.05) is 0 Å². The molecule has 5 nitrogen and oxygen atoms in total. The van der Waals surface area contributed by atoms with Crippen molar-refractivity contribution in [1.82, 2.24) is 15.5 Å². The summed E-state index contributed by atoms with van der Waals surface area (Å²) in [5, 5.41) is 6.61. The molecule has 0 aliphatic carbocycles. The first-order chi connectivity index (χ1) is 9.51. The van der Waals surface area contributed by atoms with Crippen LogP contribution in [0.4, 0.5) is 0 Å². The molecule has 0 aromatic carbocycles. The van der Waals surface area contributed by atoms with Crippen LogP contribution in [0.25, 0.3) is 0 Å². The van der Waals surface area contributed by atoms with E-state index in [4.69, 9.17) is 4.74 Å². The molecule has 1 rings (SSSR count). The first-order valence-corrected chi connectivity index (χ1v) is 7.94. The molecule has 0 saturated carbocycles. The fraction of sp³-hybridized carbons (Fsp3) is 0.933. The Bertz CT molecular complexity index is 284. The molecule has 118 valence electrons. The van der Waals surface area contributed by atoms with Crippen LogP contribution in [0.15, 0.2) is 4.99 Å². The minimum atomic E-state index is 0.349. The van der Waals surface area contributed by atoms with E-state index in [9.17, 15) is 0 Å². The zero-order valence-corrected chi connectivity index (χ0v) is 13.8. The molecule has 0 spiro atoms. The van der Waals surface area contributed by atoms with Crippen molar-refractivity contribution < 1.29 is 4.74 Å². The fourth-order valence-electron chi connectivity index (χ4n) is 2.55. The van der Waals surface area contributed by atoms with Crippen molar-refractivity contribution in [3.8, 4) is 0 Å². The van der Waals surface area contributed by atoms with Gasteiger partial charge in [-0.25, -0.2) is 0 Å². The van der Waals surface area contributed by atoms with Gasteiger partial charge in [0.2, 0.25) is 0 Å². The highest BCUT2D eigenvalue weighted by molar-refractivity contribution is 5.79. The smallest absolute Gasteiger partial charge is 0.191 e. The highest BCUT2D eigenvalue weighted by Crippen LogP contribution is 2.10. The lowest BCUT2D eigenvalue weighted by Crippen LogP contribution is -2.45. The van der Waals surface area contributed by atoms with E-state index < -0.39 is 0 Å². The summed E-state index contributed by atoms with van der Waals surface area (Å²) in [6, 6.07) is 0.411. The monoisotopic (exact) mass is 284 g/mol. The Morgan fingerprint density at radius 2 is 1.95 bits per heavy atom. The third-order valence-electron chi connectivity index (χ3n) is 3.17. The van der Waals surface area contributed by atoms with Gasteiger partial charge in [0.1, 0.15) is 0 Å². The van der Waals surface area contributed by atoms with E-state index >= 15 is 0 Å². The Kier molecular flexibility index (Phi) is 7.92. The molecule has 0 aromatic heterocycles. The molecule has 0 radical (unpaired) electrons. The van der Waals surface area contributed by atoms with Crippen LogP contribution in [0.3, 0.4) is 0 Å². The molecule has 1 aliphatic heterocycles. The summed E-state index contributed by atoms with van der Waals surface area (Å²) in [5.74, 6) is 0.922. The number of nitrogens with one attached hydrogen (secondary N) is 2. The zero-order chi connectivity index (χ0) is 15.0. The lowest BCUT2D eigenvalue weighted by Gasteiger charge is -2.35. The number of nitrogens with zero attached hydrogens (tertiary/aromatic N) is 2. The number of ether oxygens (including phenoxy) is 1. The van der Waals surface area contributed by atoms with Gasteiger partial charge in [-0.15, -0.1) is 0 Å².